The number of ether oxygens (including phenoxy) is 1. The van der Waals surface area contributed by atoms with Crippen LogP contribution in [0.2, 0.25) is 0 Å². The van der Waals surface area contributed by atoms with E-state index in [2.05, 4.69) is 32.0 Å². The lowest BCUT2D eigenvalue weighted by Gasteiger charge is -2.40. The summed E-state index contributed by atoms with van der Waals surface area (Å²) in [5.41, 5.74) is 1.63. The first-order valence-electron chi connectivity index (χ1n) is 8.08. The Morgan fingerprint density at radius 3 is 2.95 bits per heavy atom. The van der Waals surface area contributed by atoms with Gasteiger partial charge in [0.15, 0.2) is 0 Å². The highest BCUT2D eigenvalue weighted by Crippen LogP contribution is 2.46. The molecule has 0 aromatic heterocycles. The molecule has 1 aliphatic carbocycles. The zero-order valence-corrected chi connectivity index (χ0v) is 12.7. The molecule has 0 spiro atoms. The predicted octanol–water partition coefficient (Wildman–Crippen LogP) is 4.05. The lowest BCUT2D eigenvalue weighted by Crippen LogP contribution is -2.35. The molecule has 1 N–H and O–H groups in total. The van der Waals surface area contributed by atoms with E-state index in [9.17, 15) is 5.11 Å². The van der Waals surface area contributed by atoms with E-state index in [1.807, 2.05) is 0 Å². The van der Waals surface area contributed by atoms with Crippen molar-refractivity contribution in [1.82, 2.24) is 0 Å². The molecule has 2 aliphatic rings. The molecule has 1 heterocycles. The molecule has 0 amide bonds. The van der Waals surface area contributed by atoms with Gasteiger partial charge in [-0.2, -0.15) is 0 Å². The van der Waals surface area contributed by atoms with E-state index >= 15 is 0 Å². The SMILES string of the molecule is CC(C)C1CCCC(O)(c2cccc3c2OCCC3)C1. The smallest absolute Gasteiger partial charge is 0.128 e. The van der Waals surface area contributed by atoms with Crippen LogP contribution >= 0.6 is 0 Å². The van der Waals surface area contributed by atoms with Gasteiger partial charge in [0.05, 0.1) is 12.2 Å². The van der Waals surface area contributed by atoms with Gasteiger partial charge in [-0.25, -0.2) is 0 Å². The zero-order chi connectivity index (χ0) is 14.2. The molecule has 1 aromatic rings. The minimum atomic E-state index is -0.685. The first-order valence-corrected chi connectivity index (χ1v) is 8.08. The Morgan fingerprint density at radius 2 is 2.15 bits per heavy atom. The number of hydrogen-bond donors (Lipinski definition) is 1. The van der Waals surface area contributed by atoms with Gasteiger partial charge in [0.25, 0.3) is 0 Å². The lowest BCUT2D eigenvalue weighted by atomic mass is 9.70. The van der Waals surface area contributed by atoms with Crippen molar-refractivity contribution in [2.45, 2.75) is 58.0 Å². The largest absolute Gasteiger partial charge is 0.493 e. The third kappa shape index (κ3) is 2.46. The van der Waals surface area contributed by atoms with E-state index in [1.54, 1.807) is 0 Å². The Morgan fingerprint density at radius 1 is 1.30 bits per heavy atom. The lowest BCUT2D eigenvalue weighted by molar-refractivity contribution is -0.0317. The topological polar surface area (TPSA) is 29.5 Å². The first kappa shape index (κ1) is 13.9. The molecule has 1 fully saturated rings. The standard InChI is InChI=1S/C18H26O2/c1-13(2)15-7-4-10-18(19,12-15)16-9-3-6-14-8-5-11-20-17(14)16/h3,6,9,13,15,19H,4-5,7-8,10-12H2,1-2H3. The van der Waals surface area contributed by atoms with Gasteiger partial charge in [-0.1, -0.05) is 32.0 Å². The van der Waals surface area contributed by atoms with E-state index in [0.717, 1.165) is 50.0 Å². The average Bonchev–Trinajstić information content (AvgIpc) is 2.46. The van der Waals surface area contributed by atoms with Crippen LogP contribution in [0, 0.1) is 11.8 Å². The number of rotatable bonds is 2. The van der Waals surface area contributed by atoms with Crippen molar-refractivity contribution in [3.05, 3.63) is 29.3 Å². The summed E-state index contributed by atoms with van der Waals surface area (Å²) in [4.78, 5) is 0. The first-order chi connectivity index (χ1) is 9.60. The van der Waals surface area contributed by atoms with Gasteiger partial charge in [0.1, 0.15) is 5.75 Å². The molecule has 1 aliphatic heterocycles. The molecule has 0 bridgehead atoms. The third-order valence-electron chi connectivity index (χ3n) is 5.14. The number of aryl methyl sites for hydroxylation is 1. The second kappa shape index (κ2) is 5.40. The van der Waals surface area contributed by atoms with Crippen LogP contribution in [0.5, 0.6) is 5.75 Å². The van der Waals surface area contributed by atoms with Crippen molar-refractivity contribution < 1.29 is 9.84 Å². The minimum Gasteiger partial charge on any atom is -0.493 e. The molecule has 2 heteroatoms. The van der Waals surface area contributed by atoms with Crippen LogP contribution in [0.15, 0.2) is 18.2 Å². The number of aliphatic hydroxyl groups is 1. The third-order valence-corrected chi connectivity index (χ3v) is 5.14. The molecule has 2 unspecified atom stereocenters. The van der Waals surface area contributed by atoms with Gasteiger partial charge >= 0.3 is 0 Å². The van der Waals surface area contributed by atoms with E-state index in [4.69, 9.17) is 4.74 Å². The summed E-state index contributed by atoms with van der Waals surface area (Å²) in [6.07, 6.45) is 6.27. The molecule has 0 radical (unpaired) electrons. The van der Waals surface area contributed by atoms with Crippen LogP contribution in [-0.4, -0.2) is 11.7 Å². The van der Waals surface area contributed by atoms with Gasteiger partial charge in [-0.15, -0.1) is 0 Å². The van der Waals surface area contributed by atoms with Crippen molar-refractivity contribution in [2.75, 3.05) is 6.61 Å². The molecular weight excluding hydrogens is 248 g/mol. The molecule has 110 valence electrons. The molecule has 1 saturated carbocycles. The maximum Gasteiger partial charge on any atom is 0.128 e. The zero-order valence-electron chi connectivity index (χ0n) is 12.7. The van der Waals surface area contributed by atoms with Crippen LogP contribution in [0.1, 0.15) is 57.1 Å². The number of hydrogen-bond acceptors (Lipinski definition) is 2. The second-order valence-electron chi connectivity index (χ2n) is 6.88. The molecule has 1 aromatic carbocycles. The fourth-order valence-electron chi connectivity index (χ4n) is 3.86. The average molecular weight is 274 g/mol. The summed E-state index contributed by atoms with van der Waals surface area (Å²) in [6.45, 7) is 5.33. The van der Waals surface area contributed by atoms with Crippen molar-refractivity contribution in [1.29, 1.82) is 0 Å². The molecule has 3 rings (SSSR count). The van der Waals surface area contributed by atoms with Gasteiger partial charge in [-0.3, -0.25) is 0 Å². The van der Waals surface area contributed by atoms with Crippen molar-refractivity contribution in [2.24, 2.45) is 11.8 Å². The van der Waals surface area contributed by atoms with Crippen LogP contribution in [0.3, 0.4) is 0 Å². The van der Waals surface area contributed by atoms with Crippen LogP contribution in [-0.2, 0) is 12.0 Å². The number of benzene rings is 1. The monoisotopic (exact) mass is 274 g/mol. The van der Waals surface area contributed by atoms with Crippen molar-refractivity contribution >= 4 is 0 Å². The molecule has 2 nitrogen and oxygen atoms in total. The molecule has 20 heavy (non-hydrogen) atoms. The Bertz CT molecular complexity index is 480. The normalized spacial score (nSPS) is 29.9. The highest BCUT2D eigenvalue weighted by atomic mass is 16.5. The highest BCUT2D eigenvalue weighted by molar-refractivity contribution is 5.46. The van der Waals surface area contributed by atoms with E-state index < -0.39 is 5.60 Å². The van der Waals surface area contributed by atoms with Gasteiger partial charge in [0.2, 0.25) is 0 Å². The highest BCUT2D eigenvalue weighted by Gasteiger charge is 2.39. The maximum atomic E-state index is 11.2. The predicted molar refractivity (Wildman–Crippen MR) is 81.0 cm³/mol. The maximum absolute atomic E-state index is 11.2. The van der Waals surface area contributed by atoms with E-state index in [0.29, 0.717) is 11.8 Å². The van der Waals surface area contributed by atoms with Gasteiger partial charge in [0, 0.05) is 5.56 Å². The van der Waals surface area contributed by atoms with E-state index in [-0.39, 0.29) is 0 Å². The van der Waals surface area contributed by atoms with Gasteiger partial charge < -0.3 is 9.84 Å². The van der Waals surface area contributed by atoms with Crippen molar-refractivity contribution in [3.63, 3.8) is 0 Å². The summed E-state index contributed by atoms with van der Waals surface area (Å²) >= 11 is 0. The second-order valence-corrected chi connectivity index (χ2v) is 6.88. The summed E-state index contributed by atoms with van der Waals surface area (Å²) in [6, 6.07) is 6.30. The summed E-state index contributed by atoms with van der Waals surface area (Å²) in [5.74, 6) is 2.24. The summed E-state index contributed by atoms with van der Waals surface area (Å²) < 4.78 is 5.91. The Balaban J connectivity index is 1.95. The summed E-state index contributed by atoms with van der Waals surface area (Å²) in [5, 5.41) is 11.2. The molecule has 0 saturated heterocycles. The van der Waals surface area contributed by atoms with E-state index in [1.165, 1.54) is 12.0 Å². The fraction of sp³-hybridized carbons (Fsp3) is 0.667. The number of para-hydroxylation sites is 1. The quantitative estimate of drug-likeness (QED) is 0.881. The molecular formula is C18H26O2. The Labute approximate surface area is 122 Å². The molecule has 2 atom stereocenters. The summed E-state index contributed by atoms with van der Waals surface area (Å²) in [7, 11) is 0. The minimum absolute atomic E-state index is 0.619. The Hall–Kier alpha value is -1.02. The van der Waals surface area contributed by atoms with Crippen LogP contribution < -0.4 is 4.74 Å². The van der Waals surface area contributed by atoms with Crippen LogP contribution in [0.25, 0.3) is 0 Å². The van der Waals surface area contributed by atoms with Gasteiger partial charge in [-0.05, 0) is 55.9 Å². The van der Waals surface area contributed by atoms with Crippen molar-refractivity contribution in [3.8, 4) is 5.75 Å². The van der Waals surface area contributed by atoms with Crippen LogP contribution in [0.4, 0.5) is 0 Å². The Kier molecular flexibility index (Phi) is 3.76. The fourth-order valence-corrected chi connectivity index (χ4v) is 3.86. The number of fused-ring (bicyclic) bond motifs is 1.